The van der Waals surface area contributed by atoms with E-state index in [2.05, 4.69) is 47.1 Å². The highest BCUT2D eigenvalue weighted by Crippen LogP contribution is 2.35. The van der Waals surface area contributed by atoms with Gasteiger partial charge in [-0.05, 0) is 49.8 Å². The van der Waals surface area contributed by atoms with E-state index in [1.165, 1.54) is 16.8 Å². The van der Waals surface area contributed by atoms with Gasteiger partial charge in [0.05, 0.1) is 4.88 Å². The molecule has 5 heteroatoms. The summed E-state index contributed by atoms with van der Waals surface area (Å²) in [6.07, 6.45) is 2.30. The molecule has 0 unspecified atom stereocenters. The largest absolute Gasteiger partial charge is 0.418 e. The van der Waals surface area contributed by atoms with Gasteiger partial charge in [0, 0.05) is 12.2 Å². The summed E-state index contributed by atoms with van der Waals surface area (Å²) in [7, 11) is 0. The second-order valence-electron chi connectivity index (χ2n) is 6.03. The van der Waals surface area contributed by atoms with E-state index in [1.807, 2.05) is 17.5 Å². The van der Waals surface area contributed by atoms with Gasteiger partial charge in [0.1, 0.15) is 6.04 Å². The molecule has 4 rings (SSSR count). The van der Waals surface area contributed by atoms with Crippen molar-refractivity contribution in [1.29, 1.82) is 0 Å². The lowest BCUT2D eigenvalue weighted by molar-refractivity contribution is 0.449. The van der Waals surface area contributed by atoms with Crippen LogP contribution in [0.4, 0.5) is 5.69 Å². The summed E-state index contributed by atoms with van der Waals surface area (Å²) < 4.78 is 5.93. The van der Waals surface area contributed by atoms with Gasteiger partial charge in [-0.15, -0.1) is 21.5 Å². The maximum atomic E-state index is 5.93. The lowest BCUT2D eigenvalue weighted by Crippen LogP contribution is -2.32. The first-order valence-electron chi connectivity index (χ1n) is 7.96. The number of anilines is 1. The van der Waals surface area contributed by atoms with Crippen molar-refractivity contribution in [3.63, 3.8) is 0 Å². The minimum Gasteiger partial charge on any atom is -0.418 e. The minimum atomic E-state index is 0.0815. The molecule has 1 atom stereocenters. The Hall–Kier alpha value is -2.14. The Balaban J connectivity index is 1.64. The Kier molecular flexibility index (Phi) is 3.65. The predicted molar refractivity (Wildman–Crippen MR) is 92.9 cm³/mol. The van der Waals surface area contributed by atoms with Crippen LogP contribution in [0.15, 0.2) is 40.1 Å². The van der Waals surface area contributed by atoms with E-state index in [9.17, 15) is 0 Å². The Morgan fingerprint density at radius 2 is 2.17 bits per heavy atom. The quantitative estimate of drug-likeness (QED) is 0.704. The van der Waals surface area contributed by atoms with Crippen molar-refractivity contribution < 1.29 is 4.42 Å². The number of hydrogen-bond acceptors (Lipinski definition) is 5. The Morgan fingerprint density at radius 3 is 3.00 bits per heavy atom. The molecular weight excluding hydrogens is 306 g/mol. The summed E-state index contributed by atoms with van der Waals surface area (Å²) in [4.78, 5) is 3.40. The first-order valence-corrected chi connectivity index (χ1v) is 8.84. The van der Waals surface area contributed by atoms with Crippen LogP contribution in [0, 0.1) is 6.92 Å². The van der Waals surface area contributed by atoms with Gasteiger partial charge < -0.3 is 9.32 Å². The van der Waals surface area contributed by atoms with Crippen molar-refractivity contribution >= 4 is 17.0 Å². The lowest BCUT2D eigenvalue weighted by atomic mass is 9.98. The average Bonchev–Trinajstić information content (AvgIpc) is 3.24. The highest BCUT2D eigenvalue weighted by molar-refractivity contribution is 7.13. The summed E-state index contributed by atoms with van der Waals surface area (Å²) in [5.74, 6) is 1.30. The third kappa shape index (κ3) is 2.65. The fourth-order valence-electron chi connectivity index (χ4n) is 3.19. The van der Waals surface area contributed by atoms with Gasteiger partial charge in [0.2, 0.25) is 5.89 Å². The normalized spacial score (nSPS) is 15.5. The molecule has 1 aliphatic rings. The standard InChI is InChI=1S/C18H19N3OS/c1-12-7-8-15-14(11-12)5-3-9-21(15)13(2)17-19-20-18(22-17)16-6-4-10-23-16/h4,6-8,10-11,13H,3,5,9H2,1-2H3/t13-/m0/s1. The number of thiophene rings is 1. The monoisotopic (exact) mass is 325 g/mol. The number of benzene rings is 1. The average molecular weight is 325 g/mol. The SMILES string of the molecule is Cc1ccc2c(c1)CCCN2[C@@H](C)c1nnc(-c2cccs2)o1. The van der Waals surface area contributed by atoms with Gasteiger partial charge >= 0.3 is 0 Å². The van der Waals surface area contributed by atoms with E-state index in [4.69, 9.17) is 4.42 Å². The number of aryl methyl sites for hydroxylation is 2. The molecule has 4 nitrogen and oxygen atoms in total. The van der Waals surface area contributed by atoms with Gasteiger partial charge in [-0.25, -0.2) is 0 Å². The molecular formula is C18H19N3OS. The zero-order chi connectivity index (χ0) is 15.8. The predicted octanol–water partition coefficient (Wildman–Crippen LogP) is 4.62. The summed E-state index contributed by atoms with van der Waals surface area (Å²) in [5, 5.41) is 10.5. The Bertz CT molecular complexity index is 810. The number of fused-ring (bicyclic) bond motifs is 1. The molecule has 0 saturated carbocycles. The van der Waals surface area contributed by atoms with Crippen molar-refractivity contribution in [2.75, 3.05) is 11.4 Å². The van der Waals surface area contributed by atoms with Gasteiger partial charge in [-0.2, -0.15) is 0 Å². The van der Waals surface area contributed by atoms with E-state index < -0.39 is 0 Å². The van der Waals surface area contributed by atoms with E-state index in [1.54, 1.807) is 11.3 Å². The fourth-order valence-corrected chi connectivity index (χ4v) is 3.84. The maximum absolute atomic E-state index is 5.93. The molecule has 0 saturated heterocycles. The van der Waals surface area contributed by atoms with Gasteiger partial charge in [-0.3, -0.25) is 0 Å². The van der Waals surface area contributed by atoms with Crippen molar-refractivity contribution in [2.24, 2.45) is 0 Å². The van der Waals surface area contributed by atoms with Crippen LogP contribution in [0.1, 0.15) is 36.4 Å². The van der Waals surface area contributed by atoms with Crippen molar-refractivity contribution in [2.45, 2.75) is 32.7 Å². The van der Waals surface area contributed by atoms with Crippen LogP contribution in [0.3, 0.4) is 0 Å². The van der Waals surface area contributed by atoms with E-state index in [0.29, 0.717) is 11.8 Å². The molecule has 3 heterocycles. The Morgan fingerprint density at radius 1 is 1.26 bits per heavy atom. The first kappa shape index (κ1) is 14.5. The summed E-state index contributed by atoms with van der Waals surface area (Å²) in [6.45, 7) is 5.31. The van der Waals surface area contributed by atoms with Crippen LogP contribution in [0.25, 0.3) is 10.8 Å². The van der Waals surface area contributed by atoms with Crippen molar-refractivity contribution in [3.05, 3.63) is 52.7 Å². The molecule has 0 bridgehead atoms. The fraction of sp³-hybridized carbons (Fsp3) is 0.333. The topological polar surface area (TPSA) is 42.2 Å². The van der Waals surface area contributed by atoms with Crippen LogP contribution in [-0.2, 0) is 6.42 Å². The molecule has 1 aliphatic heterocycles. The smallest absolute Gasteiger partial charge is 0.257 e. The minimum absolute atomic E-state index is 0.0815. The second-order valence-corrected chi connectivity index (χ2v) is 6.98. The van der Waals surface area contributed by atoms with Gasteiger partial charge in [-0.1, -0.05) is 23.8 Å². The zero-order valence-corrected chi connectivity index (χ0v) is 14.1. The number of hydrogen-bond donors (Lipinski definition) is 0. The number of aromatic nitrogens is 2. The molecule has 0 spiro atoms. The number of rotatable bonds is 3. The lowest BCUT2D eigenvalue weighted by Gasteiger charge is -2.34. The van der Waals surface area contributed by atoms with E-state index in [0.717, 1.165) is 24.3 Å². The summed E-state index contributed by atoms with van der Waals surface area (Å²) >= 11 is 1.62. The van der Waals surface area contributed by atoms with Crippen LogP contribution >= 0.6 is 11.3 Å². The first-order chi connectivity index (χ1) is 11.2. The molecule has 0 N–H and O–H groups in total. The molecule has 3 aromatic rings. The van der Waals surface area contributed by atoms with Crippen molar-refractivity contribution in [3.8, 4) is 10.8 Å². The van der Waals surface area contributed by atoms with E-state index >= 15 is 0 Å². The molecule has 23 heavy (non-hydrogen) atoms. The number of nitrogens with zero attached hydrogens (tertiary/aromatic N) is 3. The Labute approximate surface area is 139 Å². The molecule has 0 fully saturated rings. The molecule has 1 aromatic carbocycles. The van der Waals surface area contributed by atoms with E-state index in [-0.39, 0.29) is 6.04 Å². The molecule has 0 aliphatic carbocycles. The second kappa shape index (κ2) is 5.81. The van der Waals surface area contributed by atoms with Crippen LogP contribution in [0.5, 0.6) is 0 Å². The van der Waals surface area contributed by atoms with Crippen molar-refractivity contribution in [1.82, 2.24) is 10.2 Å². The maximum Gasteiger partial charge on any atom is 0.257 e. The third-order valence-electron chi connectivity index (χ3n) is 4.39. The molecule has 2 aromatic heterocycles. The van der Waals surface area contributed by atoms with Gasteiger partial charge in [0.15, 0.2) is 0 Å². The summed E-state index contributed by atoms with van der Waals surface area (Å²) in [6, 6.07) is 10.8. The molecule has 0 amide bonds. The van der Waals surface area contributed by atoms with Crippen LogP contribution < -0.4 is 4.90 Å². The molecule has 118 valence electrons. The zero-order valence-electron chi connectivity index (χ0n) is 13.3. The van der Waals surface area contributed by atoms with Crippen LogP contribution in [0.2, 0.25) is 0 Å². The highest BCUT2D eigenvalue weighted by Gasteiger charge is 2.26. The third-order valence-corrected chi connectivity index (χ3v) is 5.24. The summed E-state index contributed by atoms with van der Waals surface area (Å²) in [5.41, 5.74) is 4.03. The van der Waals surface area contributed by atoms with Gasteiger partial charge in [0.25, 0.3) is 5.89 Å². The van der Waals surface area contributed by atoms with Crippen LogP contribution in [-0.4, -0.2) is 16.7 Å². The molecule has 0 radical (unpaired) electrons. The highest BCUT2D eigenvalue weighted by atomic mass is 32.1.